The molecule has 3 rings (SSSR count). The van der Waals surface area contributed by atoms with Crippen molar-refractivity contribution in [2.45, 2.75) is 33.6 Å². The maximum absolute atomic E-state index is 12.7. The molecular formula is C26H29NO5S. The molecule has 0 atom stereocenters. The van der Waals surface area contributed by atoms with Gasteiger partial charge in [0.1, 0.15) is 22.1 Å². The van der Waals surface area contributed by atoms with Gasteiger partial charge in [0.05, 0.1) is 13.7 Å². The molecule has 1 aromatic heterocycles. The van der Waals surface area contributed by atoms with Gasteiger partial charge in [-0.1, -0.05) is 32.0 Å². The minimum Gasteiger partial charge on any atom is -0.497 e. The molecule has 3 aromatic rings. The van der Waals surface area contributed by atoms with Gasteiger partial charge in [-0.15, -0.1) is 11.3 Å². The molecule has 6 nitrogen and oxygen atoms in total. The summed E-state index contributed by atoms with van der Waals surface area (Å²) in [4.78, 5) is 25.3. The topological polar surface area (TPSA) is 73.9 Å². The van der Waals surface area contributed by atoms with Gasteiger partial charge in [0.2, 0.25) is 0 Å². The van der Waals surface area contributed by atoms with E-state index in [1.165, 1.54) is 16.9 Å². The van der Waals surface area contributed by atoms with Crippen LogP contribution in [0.25, 0.3) is 11.1 Å². The van der Waals surface area contributed by atoms with Crippen LogP contribution in [0.1, 0.15) is 48.2 Å². The Bertz CT molecular complexity index is 1120. The number of hydrogen-bond donors (Lipinski definition) is 1. The summed E-state index contributed by atoms with van der Waals surface area (Å²) in [6, 6.07) is 13.2. The second kappa shape index (κ2) is 11.0. The van der Waals surface area contributed by atoms with Crippen molar-refractivity contribution >= 4 is 28.2 Å². The van der Waals surface area contributed by atoms with Gasteiger partial charge in [0.15, 0.2) is 6.61 Å². The van der Waals surface area contributed by atoms with Crippen molar-refractivity contribution in [3.8, 4) is 22.6 Å². The normalized spacial score (nSPS) is 10.7. The van der Waals surface area contributed by atoms with Crippen molar-refractivity contribution < 1.29 is 23.8 Å². The highest BCUT2D eigenvalue weighted by Crippen LogP contribution is 2.37. The summed E-state index contributed by atoms with van der Waals surface area (Å²) < 4.78 is 16.1. The summed E-state index contributed by atoms with van der Waals surface area (Å²) in [5.74, 6) is 0.925. The number of nitrogens with one attached hydrogen (secondary N) is 1. The number of ether oxygens (including phenoxy) is 3. The number of esters is 1. The lowest BCUT2D eigenvalue weighted by Crippen LogP contribution is -2.21. The summed E-state index contributed by atoms with van der Waals surface area (Å²) in [6.45, 7) is 8.12. The standard InChI is InChI=1S/C26H29NO5S/c1-6-31-26(29)24-22(18-7-9-19(30-5)10-8-18)15-33-25(24)27-23(28)14-32-20-11-12-21(16(2)3)17(4)13-20/h7-13,15-16H,6,14H2,1-5H3,(H,27,28). The summed E-state index contributed by atoms with van der Waals surface area (Å²) in [5, 5.41) is 5.07. The fraction of sp³-hybridized carbons (Fsp3) is 0.308. The molecule has 0 saturated carbocycles. The maximum atomic E-state index is 12.7. The van der Waals surface area contributed by atoms with Crippen LogP contribution in [0.3, 0.4) is 0 Å². The summed E-state index contributed by atoms with van der Waals surface area (Å²) >= 11 is 1.27. The number of anilines is 1. The van der Waals surface area contributed by atoms with Crippen LogP contribution in [-0.4, -0.2) is 32.2 Å². The average Bonchev–Trinajstić information content (AvgIpc) is 3.21. The minimum atomic E-state index is -0.485. The van der Waals surface area contributed by atoms with Crippen LogP contribution in [0.5, 0.6) is 11.5 Å². The third-order valence-corrected chi connectivity index (χ3v) is 6.05. The SMILES string of the molecule is CCOC(=O)c1c(-c2ccc(OC)cc2)csc1NC(=O)COc1ccc(C(C)C)c(C)c1. The summed E-state index contributed by atoms with van der Waals surface area (Å²) in [6.07, 6.45) is 0. The lowest BCUT2D eigenvalue weighted by molar-refractivity contribution is -0.118. The second-order valence-corrected chi connectivity index (χ2v) is 8.69. The highest BCUT2D eigenvalue weighted by Gasteiger charge is 2.23. The Morgan fingerprint density at radius 2 is 1.76 bits per heavy atom. The Morgan fingerprint density at radius 1 is 1.06 bits per heavy atom. The van der Waals surface area contributed by atoms with Crippen molar-refractivity contribution in [1.29, 1.82) is 0 Å². The first-order chi connectivity index (χ1) is 15.8. The van der Waals surface area contributed by atoms with E-state index in [0.717, 1.165) is 11.1 Å². The Balaban J connectivity index is 1.76. The molecule has 0 aliphatic carbocycles. The van der Waals surface area contributed by atoms with Gasteiger partial charge in [0.25, 0.3) is 5.91 Å². The van der Waals surface area contributed by atoms with Crippen LogP contribution >= 0.6 is 11.3 Å². The summed E-state index contributed by atoms with van der Waals surface area (Å²) in [7, 11) is 1.60. The van der Waals surface area contributed by atoms with Gasteiger partial charge in [-0.3, -0.25) is 4.79 Å². The molecule has 0 radical (unpaired) electrons. The lowest BCUT2D eigenvalue weighted by atomic mass is 9.98. The molecule has 0 unspecified atom stereocenters. The largest absolute Gasteiger partial charge is 0.497 e. The van der Waals surface area contributed by atoms with E-state index < -0.39 is 5.97 Å². The number of thiophene rings is 1. The predicted octanol–water partition coefficient (Wildman–Crippen LogP) is 6.05. The number of aryl methyl sites for hydroxylation is 1. The van der Waals surface area contributed by atoms with Crippen LogP contribution in [0.2, 0.25) is 0 Å². The summed E-state index contributed by atoms with van der Waals surface area (Å²) in [5.41, 5.74) is 4.22. The van der Waals surface area contributed by atoms with Crippen LogP contribution < -0.4 is 14.8 Å². The molecule has 1 amide bonds. The zero-order valence-electron chi connectivity index (χ0n) is 19.6. The van der Waals surface area contributed by atoms with E-state index in [4.69, 9.17) is 14.2 Å². The number of rotatable bonds is 9. The van der Waals surface area contributed by atoms with E-state index in [-0.39, 0.29) is 19.1 Å². The smallest absolute Gasteiger partial charge is 0.341 e. The molecule has 33 heavy (non-hydrogen) atoms. The minimum absolute atomic E-state index is 0.168. The van der Waals surface area contributed by atoms with E-state index >= 15 is 0 Å². The first-order valence-corrected chi connectivity index (χ1v) is 11.7. The highest BCUT2D eigenvalue weighted by molar-refractivity contribution is 7.15. The van der Waals surface area contributed by atoms with Gasteiger partial charge < -0.3 is 19.5 Å². The molecule has 0 aliphatic rings. The van der Waals surface area contributed by atoms with Crippen LogP contribution in [0.4, 0.5) is 5.00 Å². The Morgan fingerprint density at radius 3 is 2.36 bits per heavy atom. The molecule has 0 fully saturated rings. The van der Waals surface area contributed by atoms with Gasteiger partial charge in [-0.25, -0.2) is 4.79 Å². The predicted molar refractivity (Wildman–Crippen MR) is 132 cm³/mol. The Kier molecular flexibility index (Phi) is 8.11. The number of benzene rings is 2. The van der Waals surface area contributed by atoms with Crippen LogP contribution in [0.15, 0.2) is 47.8 Å². The fourth-order valence-electron chi connectivity index (χ4n) is 3.54. The fourth-order valence-corrected chi connectivity index (χ4v) is 4.51. The number of carbonyl (C=O) groups is 2. The molecule has 2 aromatic carbocycles. The highest BCUT2D eigenvalue weighted by atomic mass is 32.1. The van der Waals surface area contributed by atoms with Crippen molar-refractivity contribution in [3.63, 3.8) is 0 Å². The number of methoxy groups -OCH3 is 1. The van der Waals surface area contributed by atoms with E-state index in [2.05, 4.69) is 19.2 Å². The van der Waals surface area contributed by atoms with E-state index in [9.17, 15) is 9.59 Å². The zero-order valence-corrected chi connectivity index (χ0v) is 20.4. The molecule has 0 bridgehead atoms. The third kappa shape index (κ3) is 5.93. The quantitative estimate of drug-likeness (QED) is 0.388. The zero-order chi connectivity index (χ0) is 24.0. The van der Waals surface area contributed by atoms with Gasteiger partial charge in [-0.05, 0) is 60.7 Å². The second-order valence-electron chi connectivity index (χ2n) is 7.81. The lowest BCUT2D eigenvalue weighted by Gasteiger charge is -2.13. The molecule has 1 N–H and O–H groups in total. The molecule has 1 heterocycles. The molecule has 0 saturated heterocycles. The van der Waals surface area contributed by atoms with Crippen LogP contribution in [-0.2, 0) is 9.53 Å². The number of hydrogen-bond acceptors (Lipinski definition) is 6. The molecule has 0 spiro atoms. The first kappa shape index (κ1) is 24.3. The van der Waals surface area contributed by atoms with E-state index in [1.54, 1.807) is 14.0 Å². The van der Waals surface area contributed by atoms with Crippen molar-refractivity contribution in [1.82, 2.24) is 0 Å². The van der Waals surface area contributed by atoms with Crippen LogP contribution in [0, 0.1) is 6.92 Å². The number of carbonyl (C=O) groups excluding carboxylic acids is 2. The van der Waals surface area contributed by atoms with Gasteiger partial charge >= 0.3 is 5.97 Å². The molecular weight excluding hydrogens is 438 g/mol. The average molecular weight is 468 g/mol. The Labute approximate surface area is 198 Å². The van der Waals surface area contributed by atoms with Crippen molar-refractivity contribution in [2.24, 2.45) is 0 Å². The molecule has 174 valence electrons. The first-order valence-electron chi connectivity index (χ1n) is 10.8. The molecule has 0 aliphatic heterocycles. The molecule has 7 heteroatoms. The van der Waals surface area contributed by atoms with E-state index in [1.807, 2.05) is 54.8 Å². The Hall–Kier alpha value is -3.32. The van der Waals surface area contributed by atoms with Crippen molar-refractivity contribution in [3.05, 3.63) is 64.5 Å². The van der Waals surface area contributed by atoms with Crippen molar-refractivity contribution in [2.75, 3.05) is 25.6 Å². The monoisotopic (exact) mass is 467 g/mol. The third-order valence-electron chi connectivity index (χ3n) is 5.16. The maximum Gasteiger partial charge on any atom is 0.341 e. The van der Waals surface area contributed by atoms with Gasteiger partial charge in [0, 0.05) is 10.9 Å². The number of amides is 1. The van der Waals surface area contributed by atoms with E-state index in [0.29, 0.717) is 33.5 Å². The van der Waals surface area contributed by atoms with Gasteiger partial charge in [-0.2, -0.15) is 0 Å².